The Hall–Kier alpha value is -4.50. The number of fused-ring (bicyclic) bond motifs is 1. The fourth-order valence-corrected chi connectivity index (χ4v) is 5.20. The second-order valence-electron chi connectivity index (χ2n) is 8.48. The minimum absolute atomic E-state index is 0.0588. The summed E-state index contributed by atoms with van der Waals surface area (Å²) in [6.07, 6.45) is 0. The molecule has 1 N–H and O–H groups in total. The number of hydrogen-bond acceptors (Lipinski definition) is 8. The average molecular weight is 515 g/mol. The highest BCUT2D eigenvalue weighted by molar-refractivity contribution is 7.14. The van der Waals surface area contributed by atoms with Crippen LogP contribution in [0.1, 0.15) is 33.2 Å². The number of ether oxygens (including phenoxy) is 2. The van der Waals surface area contributed by atoms with Crippen LogP contribution in [0.4, 0.5) is 5.13 Å². The fourth-order valence-electron chi connectivity index (χ4n) is 4.37. The highest BCUT2D eigenvalue weighted by Crippen LogP contribution is 2.43. The molecule has 1 aliphatic rings. The molecule has 1 fully saturated rings. The van der Waals surface area contributed by atoms with Crippen molar-refractivity contribution in [1.29, 1.82) is 0 Å². The van der Waals surface area contributed by atoms with Crippen LogP contribution in [0.5, 0.6) is 5.75 Å². The minimum atomic E-state index is -0.941. The molecule has 5 rings (SSSR count). The number of aryl methyl sites for hydroxylation is 1. The molecule has 0 radical (unpaired) electrons. The molecule has 1 aromatic heterocycles. The lowest BCUT2D eigenvalue weighted by atomic mass is 9.94. The number of benzene rings is 3. The Morgan fingerprint density at radius 1 is 0.973 bits per heavy atom. The molecule has 9 heteroatoms. The number of esters is 1. The quantitative estimate of drug-likeness (QED) is 0.172. The van der Waals surface area contributed by atoms with Crippen molar-refractivity contribution >= 4 is 50.7 Å². The van der Waals surface area contributed by atoms with Gasteiger partial charge >= 0.3 is 11.9 Å². The van der Waals surface area contributed by atoms with Gasteiger partial charge in [-0.2, -0.15) is 0 Å². The first-order chi connectivity index (χ1) is 17.8. The smallest absolute Gasteiger partial charge is 0.337 e. The zero-order valence-corrected chi connectivity index (χ0v) is 21.0. The van der Waals surface area contributed by atoms with Crippen LogP contribution in [0.25, 0.3) is 16.5 Å². The molecular weight excluding hydrogens is 492 g/mol. The van der Waals surface area contributed by atoms with E-state index in [9.17, 15) is 19.5 Å². The summed E-state index contributed by atoms with van der Waals surface area (Å²) in [5, 5.41) is 15.3. The number of aliphatic hydroxyl groups excluding tert-OH is 1. The van der Waals surface area contributed by atoms with Gasteiger partial charge in [0, 0.05) is 10.9 Å². The van der Waals surface area contributed by atoms with Crippen LogP contribution in [-0.2, 0) is 14.3 Å². The molecule has 3 aromatic carbocycles. The summed E-state index contributed by atoms with van der Waals surface area (Å²) in [6.45, 7) is 1.79. The molecule has 1 atom stereocenters. The maximum absolute atomic E-state index is 13.3. The number of thiazole rings is 1. The standard InChI is InChI=1S/C28H22N2O6S/c1-15-14-37-28(29-15)30-23(16-4-6-17(7-5-16)27(34)36-3)22(25(32)26(30)33)24(31)20-9-8-19-13-21(35-2)11-10-18(19)12-20/h4-14,23,31H,1-3H3/b24-22+. The lowest BCUT2D eigenvalue weighted by molar-refractivity contribution is -0.132. The van der Waals surface area contributed by atoms with Crippen LogP contribution in [0, 0.1) is 6.92 Å². The largest absolute Gasteiger partial charge is 0.507 e. The van der Waals surface area contributed by atoms with Crippen LogP contribution in [0.15, 0.2) is 71.6 Å². The Labute approximate surface area is 216 Å². The van der Waals surface area contributed by atoms with Gasteiger partial charge in [0.25, 0.3) is 5.78 Å². The molecule has 0 spiro atoms. The number of carbonyl (C=O) groups excluding carboxylic acids is 3. The van der Waals surface area contributed by atoms with Crippen molar-refractivity contribution in [2.45, 2.75) is 13.0 Å². The van der Waals surface area contributed by atoms with Gasteiger partial charge in [0.05, 0.1) is 37.1 Å². The maximum Gasteiger partial charge on any atom is 0.337 e. The van der Waals surface area contributed by atoms with Gasteiger partial charge in [0.1, 0.15) is 11.5 Å². The molecular formula is C28H22N2O6S. The first-order valence-electron chi connectivity index (χ1n) is 11.3. The molecule has 186 valence electrons. The third-order valence-corrected chi connectivity index (χ3v) is 7.18. The van der Waals surface area contributed by atoms with Crippen molar-refractivity contribution in [1.82, 2.24) is 4.98 Å². The molecule has 1 unspecified atom stereocenters. The monoisotopic (exact) mass is 514 g/mol. The number of rotatable bonds is 5. The zero-order valence-electron chi connectivity index (χ0n) is 20.2. The van der Waals surface area contributed by atoms with Crippen LogP contribution in [-0.4, -0.2) is 42.0 Å². The SMILES string of the molecule is COC(=O)c1ccc(C2/C(=C(\O)c3ccc4cc(OC)ccc4c3)C(=O)C(=O)N2c2nc(C)cs2)cc1. The molecule has 8 nitrogen and oxygen atoms in total. The van der Waals surface area contributed by atoms with Gasteiger partial charge in [-0.3, -0.25) is 14.5 Å². The van der Waals surface area contributed by atoms with Crippen molar-refractivity contribution in [2.24, 2.45) is 0 Å². The summed E-state index contributed by atoms with van der Waals surface area (Å²) >= 11 is 1.23. The Balaban J connectivity index is 1.67. The third-order valence-electron chi connectivity index (χ3n) is 6.23. The molecule has 1 amide bonds. The summed E-state index contributed by atoms with van der Waals surface area (Å²) in [6, 6.07) is 16.2. The first-order valence-corrected chi connectivity index (χ1v) is 12.2. The number of aromatic nitrogens is 1. The van der Waals surface area contributed by atoms with Gasteiger partial charge in [-0.05, 0) is 53.6 Å². The highest BCUT2D eigenvalue weighted by Gasteiger charge is 2.48. The van der Waals surface area contributed by atoms with Gasteiger partial charge in [0.15, 0.2) is 5.13 Å². The maximum atomic E-state index is 13.3. The van der Waals surface area contributed by atoms with Crippen LogP contribution < -0.4 is 9.64 Å². The zero-order chi connectivity index (χ0) is 26.3. The van der Waals surface area contributed by atoms with Crippen LogP contribution in [0.2, 0.25) is 0 Å². The summed E-state index contributed by atoms with van der Waals surface area (Å²) in [5.74, 6) is -1.72. The van der Waals surface area contributed by atoms with Gasteiger partial charge < -0.3 is 14.6 Å². The summed E-state index contributed by atoms with van der Waals surface area (Å²) < 4.78 is 10.0. The molecule has 0 aliphatic carbocycles. The average Bonchev–Trinajstić information content (AvgIpc) is 3.47. The predicted octanol–water partition coefficient (Wildman–Crippen LogP) is 5.03. The lowest BCUT2D eigenvalue weighted by Crippen LogP contribution is -2.29. The number of aliphatic hydroxyl groups is 1. The fraction of sp³-hybridized carbons (Fsp3) is 0.143. The Morgan fingerprint density at radius 3 is 2.30 bits per heavy atom. The van der Waals surface area contributed by atoms with Crippen molar-refractivity contribution in [3.05, 3.63) is 94.0 Å². The van der Waals surface area contributed by atoms with E-state index in [-0.39, 0.29) is 11.3 Å². The number of Topliss-reactive ketones (excluding diaryl/α,β-unsaturated/α-hetero) is 1. The van der Waals surface area contributed by atoms with E-state index >= 15 is 0 Å². The number of anilines is 1. The number of ketones is 1. The van der Waals surface area contributed by atoms with E-state index < -0.39 is 23.7 Å². The van der Waals surface area contributed by atoms with Gasteiger partial charge in [-0.1, -0.05) is 30.3 Å². The highest BCUT2D eigenvalue weighted by atomic mass is 32.1. The number of carbonyl (C=O) groups is 3. The predicted molar refractivity (Wildman–Crippen MR) is 140 cm³/mol. The van der Waals surface area contributed by atoms with Crippen molar-refractivity contribution < 1.29 is 29.0 Å². The van der Waals surface area contributed by atoms with Crippen molar-refractivity contribution in [2.75, 3.05) is 19.1 Å². The number of methoxy groups -OCH3 is 2. The number of amides is 1. The molecule has 1 saturated heterocycles. The summed E-state index contributed by atoms with van der Waals surface area (Å²) in [5.41, 5.74) is 1.88. The van der Waals surface area contributed by atoms with E-state index in [4.69, 9.17) is 9.47 Å². The molecule has 37 heavy (non-hydrogen) atoms. The topological polar surface area (TPSA) is 106 Å². The van der Waals surface area contributed by atoms with Gasteiger partial charge in [-0.25, -0.2) is 9.78 Å². The lowest BCUT2D eigenvalue weighted by Gasteiger charge is -2.23. The second kappa shape index (κ2) is 9.51. The van der Waals surface area contributed by atoms with E-state index in [1.54, 1.807) is 61.9 Å². The molecule has 2 heterocycles. The van der Waals surface area contributed by atoms with E-state index in [1.807, 2.05) is 18.2 Å². The van der Waals surface area contributed by atoms with E-state index in [2.05, 4.69) is 4.98 Å². The molecule has 0 bridgehead atoms. The van der Waals surface area contributed by atoms with E-state index in [0.29, 0.717) is 33.3 Å². The van der Waals surface area contributed by atoms with Crippen LogP contribution in [0.3, 0.4) is 0 Å². The second-order valence-corrected chi connectivity index (χ2v) is 9.32. The van der Waals surface area contributed by atoms with Gasteiger partial charge in [-0.15, -0.1) is 11.3 Å². The van der Waals surface area contributed by atoms with Gasteiger partial charge in [0.2, 0.25) is 0 Å². The van der Waals surface area contributed by atoms with Crippen molar-refractivity contribution in [3.63, 3.8) is 0 Å². The Morgan fingerprint density at radius 2 is 1.65 bits per heavy atom. The normalized spacial score (nSPS) is 16.8. The van der Waals surface area contributed by atoms with Crippen LogP contribution >= 0.6 is 11.3 Å². The van der Waals surface area contributed by atoms with Crippen molar-refractivity contribution in [3.8, 4) is 5.75 Å². The molecule has 1 aliphatic heterocycles. The molecule has 4 aromatic rings. The first kappa shape index (κ1) is 24.2. The van der Waals surface area contributed by atoms with E-state index in [1.165, 1.54) is 23.3 Å². The Bertz CT molecular complexity index is 1590. The molecule has 0 saturated carbocycles. The third kappa shape index (κ3) is 4.23. The number of nitrogens with zero attached hydrogens (tertiary/aromatic N) is 2. The summed E-state index contributed by atoms with van der Waals surface area (Å²) in [7, 11) is 2.87. The van der Waals surface area contributed by atoms with E-state index in [0.717, 1.165) is 10.8 Å². The summed E-state index contributed by atoms with van der Waals surface area (Å²) in [4.78, 5) is 44.3. The number of hydrogen-bond donors (Lipinski definition) is 1. The Kier molecular flexibility index (Phi) is 6.22. The minimum Gasteiger partial charge on any atom is -0.507 e.